The molecule has 6 aliphatic carbocycles. The minimum Gasteiger partial charge on any atom is -0.476 e. The van der Waals surface area contributed by atoms with E-state index in [1.165, 1.54) is 64.2 Å². The number of sulfone groups is 1. The van der Waals surface area contributed by atoms with Crippen molar-refractivity contribution in [1.82, 2.24) is 15.2 Å². The molecule has 0 aromatic carbocycles. The summed E-state index contributed by atoms with van der Waals surface area (Å²) in [5, 5.41) is 13.6. The molecule has 8 heteroatoms. The van der Waals surface area contributed by atoms with Crippen molar-refractivity contribution < 1.29 is 13.2 Å². The van der Waals surface area contributed by atoms with E-state index in [0.717, 1.165) is 56.0 Å². The summed E-state index contributed by atoms with van der Waals surface area (Å²) in [6.45, 7) is 14.6. The number of nitrogens with one attached hydrogen (secondary N) is 1. The topological polar surface area (TPSA) is 95.3 Å². The van der Waals surface area contributed by atoms with Crippen molar-refractivity contribution >= 4 is 9.84 Å². The first-order chi connectivity index (χ1) is 24.9. The lowest BCUT2D eigenvalue weighted by Crippen LogP contribution is -2.64. The summed E-state index contributed by atoms with van der Waals surface area (Å²) in [4.78, 5) is 6.67. The molecule has 284 valence electrons. The van der Waals surface area contributed by atoms with Crippen LogP contribution in [0.5, 0.6) is 5.88 Å². The largest absolute Gasteiger partial charge is 0.476 e. The van der Waals surface area contributed by atoms with Gasteiger partial charge in [-0.05, 0) is 152 Å². The van der Waals surface area contributed by atoms with Gasteiger partial charge in [0.25, 0.3) is 0 Å². The molecule has 1 aliphatic heterocycles. The number of hydrogen-bond donors (Lipinski definition) is 1. The van der Waals surface area contributed by atoms with Gasteiger partial charge < -0.3 is 15.0 Å². The highest BCUT2D eigenvalue weighted by atomic mass is 32.2. The Labute approximate surface area is 314 Å². The van der Waals surface area contributed by atoms with Crippen LogP contribution in [0.25, 0.3) is 0 Å². The van der Waals surface area contributed by atoms with Crippen molar-refractivity contribution in [2.24, 2.45) is 51.8 Å². The first-order valence-corrected chi connectivity index (χ1v) is 22.8. The van der Waals surface area contributed by atoms with Crippen LogP contribution in [0, 0.1) is 63.1 Å². The second-order valence-corrected chi connectivity index (χ2v) is 21.6. The molecule has 0 radical (unpaired) electrons. The molecule has 1 saturated heterocycles. The highest BCUT2D eigenvalue weighted by Gasteiger charge is 2.65. The molecule has 1 aromatic rings. The van der Waals surface area contributed by atoms with Gasteiger partial charge >= 0.3 is 0 Å². The number of nitriles is 1. The predicted octanol–water partition coefficient (Wildman–Crippen LogP) is 8.13. The van der Waals surface area contributed by atoms with Gasteiger partial charge in [-0.1, -0.05) is 46.3 Å². The van der Waals surface area contributed by atoms with Crippen molar-refractivity contribution in [3.05, 3.63) is 47.2 Å². The Morgan fingerprint density at radius 2 is 1.79 bits per heavy atom. The lowest BCUT2D eigenvalue weighted by Gasteiger charge is -2.68. The van der Waals surface area contributed by atoms with E-state index in [-0.39, 0.29) is 5.41 Å². The summed E-state index contributed by atoms with van der Waals surface area (Å²) in [6, 6.07) is 5.77. The quantitative estimate of drug-likeness (QED) is 0.289. The molecular weight excluding hydrogens is 665 g/mol. The van der Waals surface area contributed by atoms with Crippen LogP contribution in [0.4, 0.5) is 0 Å². The molecule has 8 rings (SSSR count). The second kappa shape index (κ2) is 13.8. The summed E-state index contributed by atoms with van der Waals surface area (Å²) >= 11 is 0. The molecule has 1 aromatic heterocycles. The van der Waals surface area contributed by atoms with E-state index in [2.05, 4.69) is 61.1 Å². The Bertz CT molecular complexity index is 1720. The summed E-state index contributed by atoms with van der Waals surface area (Å²) in [5.74, 6) is 5.58. The van der Waals surface area contributed by atoms with Crippen LogP contribution in [0.2, 0.25) is 0 Å². The molecule has 52 heavy (non-hydrogen) atoms. The maximum Gasteiger partial charge on any atom is 0.231 e. The number of fused-ring (bicyclic) bond motifs is 7. The summed E-state index contributed by atoms with van der Waals surface area (Å²) in [7, 11) is -2.83. The molecule has 7 nitrogen and oxygen atoms in total. The SMILES string of the molecule is CC1(C)C(C2=CCC(COc3ncccc3C#N)CC2)=CCC2(C)[C@H]1CCC1(C)C3CCC4(NCCN5CCS(=O)(=O)CC5)CCC[C@@H]4C3CC[C@@H]12. The number of pyridine rings is 1. The van der Waals surface area contributed by atoms with Crippen LogP contribution in [-0.4, -0.2) is 68.1 Å². The van der Waals surface area contributed by atoms with Gasteiger partial charge in [-0.2, -0.15) is 5.26 Å². The Hall–Kier alpha value is -2.21. The lowest BCUT2D eigenvalue weighted by atomic mass is 9.37. The Morgan fingerprint density at radius 1 is 0.962 bits per heavy atom. The van der Waals surface area contributed by atoms with Gasteiger partial charge in [0, 0.05) is 37.9 Å². The van der Waals surface area contributed by atoms with E-state index >= 15 is 0 Å². The first-order valence-electron chi connectivity index (χ1n) is 20.9. The zero-order valence-corrected chi connectivity index (χ0v) is 33.3. The number of nitrogens with zero attached hydrogens (tertiary/aromatic N) is 3. The number of rotatable bonds is 8. The van der Waals surface area contributed by atoms with Crippen molar-refractivity contribution in [2.45, 2.75) is 117 Å². The molecule has 0 amide bonds. The molecular formula is C44H64N4O3S. The van der Waals surface area contributed by atoms with E-state index in [1.54, 1.807) is 29.5 Å². The fourth-order valence-electron chi connectivity index (χ4n) is 14.2. The van der Waals surface area contributed by atoms with Gasteiger partial charge in [0.2, 0.25) is 5.88 Å². The van der Waals surface area contributed by atoms with E-state index in [9.17, 15) is 13.7 Å². The second-order valence-electron chi connectivity index (χ2n) is 19.3. The van der Waals surface area contributed by atoms with Gasteiger partial charge in [0.15, 0.2) is 9.84 Å². The minimum absolute atomic E-state index is 0.172. The Balaban J connectivity index is 0.928. The highest BCUT2D eigenvalue weighted by Crippen LogP contribution is 2.72. The molecule has 0 spiro atoms. The molecule has 7 aliphatic rings. The summed E-state index contributed by atoms with van der Waals surface area (Å²) < 4.78 is 30.0. The van der Waals surface area contributed by atoms with Crippen LogP contribution in [-0.2, 0) is 9.84 Å². The van der Waals surface area contributed by atoms with Crippen molar-refractivity contribution in [3.63, 3.8) is 0 Å². The van der Waals surface area contributed by atoms with E-state index in [0.29, 0.717) is 70.9 Å². The third kappa shape index (κ3) is 6.31. The standard InChI is InChI=1S/C44H64N4O3S/c1-41(2)35(32-11-9-31(10-12-32)30-51-40-33(29-45)7-6-22-46-40)15-19-43(4)38(41)17-20-42(3)36-16-21-44(18-5-8-37(44)34(36)13-14-39(42)43)47-23-24-48-25-27-52(49,50)28-26-48/h6-7,11,15,22,31,34,36-39,47H,5,8-10,12-14,16-21,23-28,30H2,1-4H3/t31?,34?,36?,37-,38+,39+,42?,43?,44?/m1/s1. The van der Waals surface area contributed by atoms with Crippen LogP contribution in [0.15, 0.2) is 41.6 Å². The molecule has 1 N–H and O–H groups in total. The summed E-state index contributed by atoms with van der Waals surface area (Å²) in [5.41, 5.74) is 4.98. The molecule has 0 bridgehead atoms. The molecule has 4 saturated carbocycles. The zero-order valence-electron chi connectivity index (χ0n) is 32.5. The normalized spacial score (nSPS) is 40.9. The van der Waals surface area contributed by atoms with Crippen LogP contribution in [0.3, 0.4) is 0 Å². The summed E-state index contributed by atoms with van der Waals surface area (Å²) in [6.07, 6.45) is 23.7. The molecule has 5 fully saturated rings. The van der Waals surface area contributed by atoms with E-state index in [4.69, 9.17) is 4.74 Å². The van der Waals surface area contributed by atoms with Gasteiger partial charge in [-0.3, -0.25) is 0 Å². The number of ether oxygens (including phenoxy) is 1. The van der Waals surface area contributed by atoms with Gasteiger partial charge in [0.05, 0.1) is 18.1 Å². The van der Waals surface area contributed by atoms with Crippen LogP contribution in [0.1, 0.15) is 117 Å². The van der Waals surface area contributed by atoms with E-state index < -0.39 is 9.84 Å². The third-order valence-corrected chi connectivity index (χ3v) is 18.3. The molecule has 6 unspecified atom stereocenters. The zero-order chi connectivity index (χ0) is 36.4. The van der Waals surface area contributed by atoms with E-state index in [1.807, 2.05) is 0 Å². The molecule has 9 atom stereocenters. The maximum absolute atomic E-state index is 12.0. The number of allylic oxidation sites excluding steroid dienone is 4. The Morgan fingerprint density at radius 3 is 2.56 bits per heavy atom. The van der Waals surface area contributed by atoms with Gasteiger partial charge in [-0.25, -0.2) is 13.4 Å². The molecule has 2 heterocycles. The average Bonchev–Trinajstić information content (AvgIpc) is 3.56. The number of hydrogen-bond acceptors (Lipinski definition) is 7. The van der Waals surface area contributed by atoms with Crippen molar-refractivity contribution in [1.29, 1.82) is 5.26 Å². The predicted molar refractivity (Wildman–Crippen MR) is 207 cm³/mol. The average molecular weight is 729 g/mol. The fraction of sp³-hybridized carbons (Fsp3) is 0.773. The highest BCUT2D eigenvalue weighted by molar-refractivity contribution is 7.91. The lowest BCUT2D eigenvalue weighted by molar-refractivity contribution is -0.175. The van der Waals surface area contributed by atoms with Crippen molar-refractivity contribution in [3.8, 4) is 11.9 Å². The minimum atomic E-state index is -2.83. The van der Waals surface area contributed by atoms with Gasteiger partial charge in [0.1, 0.15) is 11.6 Å². The number of aromatic nitrogens is 1. The maximum atomic E-state index is 12.0. The van der Waals surface area contributed by atoms with Crippen LogP contribution < -0.4 is 10.1 Å². The van der Waals surface area contributed by atoms with Gasteiger partial charge in [-0.15, -0.1) is 0 Å². The fourth-order valence-corrected chi connectivity index (χ4v) is 15.5. The third-order valence-electron chi connectivity index (χ3n) is 16.6. The monoisotopic (exact) mass is 728 g/mol. The Kier molecular flexibility index (Phi) is 9.77. The van der Waals surface area contributed by atoms with Crippen LogP contribution >= 0.6 is 0 Å². The van der Waals surface area contributed by atoms with Crippen molar-refractivity contribution in [2.75, 3.05) is 44.3 Å². The first kappa shape index (κ1) is 36.8. The smallest absolute Gasteiger partial charge is 0.231 e.